The molecular weight excluding hydrogens is 511 g/mol. The van der Waals surface area contributed by atoms with Crippen molar-refractivity contribution in [3.8, 4) is 29.0 Å². The summed E-state index contributed by atoms with van der Waals surface area (Å²) in [6.45, 7) is 5.91. The molecule has 1 heterocycles. The van der Waals surface area contributed by atoms with Gasteiger partial charge < -0.3 is 9.47 Å². The molecule has 0 amide bonds. The van der Waals surface area contributed by atoms with Crippen LogP contribution in [0.25, 0.3) is 22.3 Å². The lowest BCUT2D eigenvalue weighted by molar-refractivity contribution is 0.368. The van der Waals surface area contributed by atoms with Crippen molar-refractivity contribution in [3.63, 3.8) is 0 Å². The summed E-state index contributed by atoms with van der Waals surface area (Å²) in [4.78, 5) is 18.4. The summed E-state index contributed by atoms with van der Waals surface area (Å²) in [6.07, 6.45) is 1.48. The number of hydrogen-bond acceptors (Lipinski definition) is 6. The molecule has 0 radical (unpaired) electrons. The average molecular weight is 535 g/mol. The minimum atomic E-state index is -0.315. The van der Waals surface area contributed by atoms with Crippen LogP contribution in [0.5, 0.6) is 11.5 Å². The molecule has 188 valence electrons. The minimum Gasteiger partial charge on any atom is -0.496 e. The van der Waals surface area contributed by atoms with Crippen molar-refractivity contribution in [2.45, 2.75) is 26.7 Å². The molecule has 37 heavy (non-hydrogen) atoms. The van der Waals surface area contributed by atoms with E-state index in [9.17, 15) is 4.79 Å². The zero-order valence-corrected chi connectivity index (χ0v) is 22.3. The number of halogens is 2. The number of benzene rings is 3. The van der Waals surface area contributed by atoms with Crippen molar-refractivity contribution >= 4 is 40.3 Å². The summed E-state index contributed by atoms with van der Waals surface area (Å²) < 4.78 is 12.2. The maximum atomic E-state index is 13.6. The van der Waals surface area contributed by atoms with E-state index in [0.717, 1.165) is 22.4 Å². The van der Waals surface area contributed by atoms with Crippen molar-refractivity contribution in [2.75, 3.05) is 13.7 Å². The van der Waals surface area contributed by atoms with Gasteiger partial charge in [0.05, 0.1) is 34.3 Å². The van der Waals surface area contributed by atoms with E-state index in [1.54, 1.807) is 37.4 Å². The topological polar surface area (TPSA) is 89.5 Å². The standard InChI is InChI=1S/C28H24Cl2N4O3/c1-16(2)20-14-21(17(3)11-25(20)36-4)27-33-24-8-6-5-7-19(24)28(35)34(27)32-15-18-12-22(29)26(23(30)13-18)37-10-9-31/h5-8,11-16H,10H2,1-4H3. The minimum absolute atomic E-state index is 0.185. The Hall–Kier alpha value is -3.86. The fourth-order valence-electron chi connectivity index (χ4n) is 3.99. The van der Waals surface area contributed by atoms with Crippen LogP contribution in [0.3, 0.4) is 0 Å². The van der Waals surface area contributed by atoms with Crippen LogP contribution in [0.2, 0.25) is 10.0 Å². The van der Waals surface area contributed by atoms with Gasteiger partial charge in [-0.15, -0.1) is 0 Å². The quantitative estimate of drug-likeness (QED) is 0.249. The lowest BCUT2D eigenvalue weighted by Crippen LogP contribution is -2.20. The van der Waals surface area contributed by atoms with Gasteiger partial charge in [-0.25, -0.2) is 4.98 Å². The maximum absolute atomic E-state index is 13.6. The van der Waals surface area contributed by atoms with Gasteiger partial charge in [0.15, 0.2) is 18.2 Å². The normalized spacial score (nSPS) is 11.3. The Labute approximate surface area is 224 Å². The van der Waals surface area contributed by atoms with Gasteiger partial charge in [-0.05, 0) is 65.9 Å². The van der Waals surface area contributed by atoms with Gasteiger partial charge in [-0.1, -0.05) is 49.2 Å². The van der Waals surface area contributed by atoms with Crippen LogP contribution in [0, 0.1) is 18.3 Å². The second kappa shape index (κ2) is 11.0. The van der Waals surface area contributed by atoms with Crippen molar-refractivity contribution in [3.05, 3.63) is 85.6 Å². The first-order chi connectivity index (χ1) is 17.7. The summed E-state index contributed by atoms with van der Waals surface area (Å²) in [5, 5.41) is 14.2. The lowest BCUT2D eigenvalue weighted by atomic mass is 9.96. The highest BCUT2D eigenvalue weighted by atomic mass is 35.5. The van der Waals surface area contributed by atoms with Crippen LogP contribution in [0.4, 0.5) is 0 Å². The van der Waals surface area contributed by atoms with E-state index in [1.807, 2.05) is 31.2 Å². The number of rotatable bonds is 7. The highest BCUT2D eigenvalue weighted by Crippen LogP contribution is 2.35. The Morgan fingerprint density at radius 2 is 1.86 bits per heavy atom. The van der Waals surface area contributed by atoms with Crippen LogP contribution in [0.15, 0.2) is 58.4 Å². The molecule has 0 fully saturated rings. The summed E-state index contributed by atoms with van der Waals surface area (Å²) in [6, 6.07) is 16.2. The number of aryl methyl sites for hydroxylation is 1. The molecule has 4 rings (SSSR count). The first-order valence-electron chi connectivity index (χ1n) is 11.5. The van der Waals surface area contributed by atoms with E-state index in [1.165, 1.54) is 10.9 Å². The van der Waals surface area contributed by atoms with Crippen LogP contribution in [0.1, 0.15) is 36.5 Å². The maximum Gasteiger partial charge on any atom is 0.282 e. The Morgan fingerprint density at radius 1 is 1.16 bits per heavy atom. The van der Waals surface area contributed by atoms with Crippen LogP contribution < -0.4 is 15.0 Å². The molecule has 0 bridgehead atoms. The third-order valence-electron chi connectivity index (χ3n) is 5.82. The SMILES string of the molecule is COc1cc(C)c(-c2nc3ccccc3c(=O)n2N=Cc2cc(Cl)c(OCC#N)c(Cl)c2)cc1C(C)C. The van der Waals surface area contributed by atoms with Crippen LogP contribution >= 0.6 is 23.2 Å². The highest BCUT2D eigenvalue weighted by Gasteiger charge is 2.18. The fourth-order valence-corrected chi connectivity index (χ4v) is 4.61. The molecule has 9 heteroatoms. The van der Waals surface area contributed by atoms with Crippen LogP contribution in [-0.4, -0.2) is 29.6 Å². The highest BCUT2D eigenvalue weighted by molar-refractivity contribution is 6.37. The van der Waals surface area contributed by atoms with Gasteiger partial charge in [0.2, 0.25) is 0 Å². The van der Waals surface area contributed by atoms with Gasteiger partial charge in [0.1, 0.15) is 11.8 Å². The number of hydrogen-bond donors (Lipinski definition) is 0. The second-order valence-corrected chi connectivity index (χ2v) is 9.45. The van der Waals surface area contributed by atoms with Crippen molar-refractivity contribution in [2.24, 2.45) is 5.10 Å². The molecule has 0 spiro atoms. The van der Waals surface area contributed by atoms with Gasteiger partial charge >= 0.3 is 0 Å². The first-order valence-corrected chi connectivity index (χ1v) is 12.2. The molecule has 0 unspecified atom stereocenters. The zero-order chi connectivity index (χ0) is 26.7. The molecule has 0 N–H and O–H groups in total. The number of ether oxygens (including phenoxy) is 2. The molecule has 0 aliphatic heterocycles. The fraction of sp³-hybridized carbons (Fsp3) is 0.214. The molecule has 0 saturated heterocycles. The third-order valence-corrected chi connectivity index (χ3v) is 6.38. The molecule has 1 aromatic heterocycles. The number of fused-ring (bicyclic) bond motifs is 1. The van der Waals surface area contributed by atoms with Crippen LogP contribution in [-0.2, 0) is 0 Å². The molecule has 3 aromatic carbocycles. The Balaban J connectivity index is 1.92. The number of methoxy groups -OCH3 is 1. The predicted molar refractivity (Wildman–Crippen MR) is 147 cm³/mol. The van der Waals surface area contributed by atoms with E-state index < -0.39 is 0 Å². The smallest absolute Gasteiger partial charge is 0.282 e. The second-order valence-electron chi connectivity index (χ2n) is 8.64. The van der Waals surface area contributed by atoms with E-state index in [-0.39, 0.29) is 33.9 Å². The molecule has 0 aliphatic carbocycles. The summed E-state index contributed by atoms with van der Waals surface area (Å²) in [7, 11) is 1.64. The van der Waals surface area contributed by atoms with Gasteiger partial charge in [0, 0.05) is 5.56 Å². The van der Waals surface area contributed by atoms with E-state index >= 15 is 0 Å². The Kier molecular flexibility index (Phi) is 7.82. The zero-order valence-electron chi connectivity index (χ0n) is 20.8. The van der Waals surface area contributed by atoms with Crippen molar-refractivity contribution in [1.82, 2.24) is 9.66 Å². The number of nitriles is 1. The summed E-state index contributed by atoms with van der Waals surface area (Å²) in [5.41, 5.74) is 3.44. The van der Waals surface area contributed by atoms with Crippen molar-refractivity contribution in [1.29, 1.82) is 5.26 Å². The third kappa shape index (κ3) is 5.31. The van der Waals surface area contributed by atoms with Gasteiger partial charge in [0.25, 0.3) is 5.56 Å². The van der Waals surface area contributed by atoms with E-state index in [4.69, 9.17) is 42.9 Å². The first kappa shape index (κ1) is 26.2. The molecule has 0 aliphatic rings. The summed E-state index contributed by atoms with van der Waals surface area (Å²) in [5.74, 6) is 1.57. The Morgan fingerprint density at radius 3 is 2.51 bits per heavy atom. The predicted octanol–water partition coefficient (Wildman–Crippen LogP) is 6.60. The number of aromatic nitrogens is 2. The average Bonchev–Trinajstić information content (AvgIpc) is 2.87. The molecule has 0 atom stereocenters. The Bertz CT molecular complexity index is 1600. The molecule has 0 saturated carbocycles. The van der Waals surface area contributed by atoms with E-state index in [2.05, 4.69) is 18.9 Å². The van der Waals surface area contributed by atoms with Gasteiger partial charge in [-0.3, -0.25) is 4.79 Å². The summed E-state index contributed by atoms with van der Waals surface area (Å²) >= 11 is 12.6. The van der Waals surface area contributed by atoms with E-state index in [0.29, 0.717) is 22.3 Å². The number of para-hydroxylation sites is 1. The largest absolute Gasteiger partial charge is 0.496 e. The molecule has 7 nitrogen and oxygen atoms in total. The monoisotopic (exact) mass is 534 g/mol. The molecule has 4 aromatic rings. The van der Waals surface area contributed by atoms with Crippen molar-refractivity contribution < 1.29 is 9.47 Å². The number of nitrogens with zero attached hydrogens (tertiary/aromatic N) is 4. The molecular formula is C28H24Cl2N4O3. The lowest BCUT2D eigenvalue weighted by Gasteiger charge is -2.17. The van der Waals surface area contributed by atoms with Gasteiger partial charge in [-0.2, -0.15) is 15.0 Å².